The first-order chi connectivity index (χ1) is 13.2. The molecule has 0 saturated carbocycles. The summed E-state index contributed by atoms with van der Waals surface area (Å²) in [6, 6.07) is 5.66. The molecule has 1 aliphatic heterocycles. The highest BCUT2D eigenvalue weighted by atomic mass is 32.2. The third-order valence-electron chi connectivity index (χ3n) is 3.61. The lowest BCUT2D eigenvalue weighted by atomic mass is 10.1. The van der Waals surface area contributed by atoms with Crippen molar-refractivity contribution < 1.29 is 32.7 Å². The van der Waals surface area contributed by atoms with E-state index in [1.54, 1.807) is 11.4 Å². The molecule has 0 aliphatic carbocycles. The highest BCUT2D eigenvalue weighted by Crippen LogP contribution is 2.34. The fourth-order valence-corrected chi connectivity index (χ4v) is 4.14. The van der Waals surface area contributed by atoms with E-state index < -0.39 is 29.5 Å². The van der Waals surface area contributed by atoms with Gasteiger partial charge in [0.05, 0.1) is 21.2 Å². The van der Waals surface area contributed by atoms with E-state index in [-0.39, 0.29) is 17.0 Å². The van der Waals surface area contributed by atoms with Gasteiger partial charge in [-0.3, -0.25) is 19.8 Å². The molecule has 0 bridgehead atoms. The number of hydrazine groups is 1. The SMILES string of the molecule is O=C(O)CSc1sccc1/C=C1\C(=O)NN(c2cccc(C(F)(F)F)c2)C1=O. The minimum absolute atomic E-state index is 0.123. The second-order valence-electron chi connectivity index (χ2n) is 5.53. The Morgan fingerprint density at radius 2 is 2.04 bits per heavy atom. The number of aliphatic carboxylic acids is 1. The van der Waals surface area contributed by atoms with Crippen LogP contribution in [0.1, 0.15) is 11.1 Å². The number of halogens is 3. The smallest absolute Gasteiger partial charge is 0.416 e. The molecule has 11 heteroatoms. The highest BCUT2D eigenvalue weighted by molar-refractivity contribution is 8.01. The molecule has 1 aliphatic rings. The zero-order chi connectivity index (χ0) is 20.5. The molecule has 1 aromatic heterocycles. The Hall–Kier alpha value is -2.79. The predicted octanol–water partition coefficient (Wildman–Crippen LogP) is 3.41. The van der Waals surface area contributed by atoms with Crippen molar-refractivity contribution in [3.63, 3.8) is 0 Å². The molecule has 1 fully saturated rings. The van der Waals surface area contributed by atoms with Gasteiger partial charge in [-0.15, -0.1) is 23.1 Å². The number of thiophene rings is 1. The molecule has 2 heterocycles. The van der Waals surface area contributed by atoms with Crippen LogP contribution < -0.4 is 10.4 Å². The molecule has 146 valence electrons. The van der Waals surface area contributed by atoms with Crippen molar-refractivity contribution in [3.8, 4) is 0 Å². The first-order valence-corrected chi connectivity index (χ1v) is 9.50. The van der Waals surface area contributed by atoms with Gasteiger partial charge in [0.2, 0.25) is 0 Å². The molecule has 0 atom stereocenters. The third kappa shape index (κ3) is 4.20. The lowest BCUT2D eigenvalue weighted by molar-refractivity contribution is -0.137. The summed E-state index contributed by atoms with van der Waals surface area (Å²) in [6.07, 6.45) is -3.29. The number of nitrogens with zero attached hydrogens (tertiary/aromatic N) is 1. The Kier molecular flexibility index (Phi) is 5.47. The number of hydrogen-bond acceptors (Lipinski definition) is 5. The lowest BCUT2D eigenvalue weighted by Gasteiger charge is -2.16. The number of nitrogens with one attached hydrogen (secondary N) is 1. The second kappa shape index (κ2) is 7.68. The van der Waals surface area contributed by atoms with Gasteiger partial charge in [-0.05, 0) is 41.3 Å². The lowest BCUT2D eigenvalue weighted by Crippen LogP contribution is -2.35. The summed E-state index contributed by atoms with van der Waals surface area (Å²) >= 11 is 2.29. The van der Waals surface area contributed by atoms with Crippen molar-refractivity contribution in [3.05, 3.63) is 52.4 Å². The number of carbonyl (C=O) groups excluding carboxylic acids is 2. The molecule has 2 amide bonds. The number of carboxylic acid groups (broad SMARTS) is 1. The van der Waals surface area contributed by atoms with Gasteiger partial charge in [0.25, 0.3) is 11.8 Å². The van der Waals surface area contributed by atoms with Gasteiger partial charge in [0.1, 0.15) is 5.57 Å². The van der Waals surface area contributed by atoms with Gasteiger partial charge in [-0.25, -0.2) is 5.01 Å². The molecule has 0 unspecified atom stereocenters. The van der Waals surface area contributed by atoms with Crippen LogP contribution in [0, 0.1) is 0 Å². The van der Waals surface area contributed by atoms with Crippen LogP contribution in [-0.2, 0) is 20.6 Å². The maximum absolute atomic E-state index is 12.9. The van der Waals surface area contributed by atoms with Crippen LogP contribution in [0.3, 0.4) is 0 Å². The molecule has 0 radical (unpaired) electrons. The van der Waals surface area contributed by atoms with E-state index in [2.05, 4.69) is 5.43 Å². The van der Waals surface area contributed by atoms with E-state index in [1.165, 1.54) is 23.5 Å². The van der Waals surface area contributed by atoms with Crippen molar-refractivity contribution in [1.29, 1.82) is 0 Å². The van der Waals surface area contributed by atoms with E-state index in [9.17, 15) is 27.6 Å². The third-order valence-corrected chi connectivity index (χ3v) is 5.86. The fraction of sp³-hybridized carbons (Fsp3) is 0.118. The second-order valence-corrected chi connectivity index (χ2v) is 7.69. The molecule has 3 rings (SSSR count). The van der Waals surface area contributed by atoms with Gasteiger partial charge in [-0.1, -0.05) is 6.07 Å². The summed E-state index contributed by atoms with van der Waals surface area (Å²) < 4.78 is 39.3. The summed E-state index contributed by atoms with van der Waals surface area (Å²) in [6.45, 7) is 0. The number of benzene rings is 1. The van der Waals surface area contributed by atoms with Crippen LogP contribution >= 0.6 is 23.1 Å². The summed E-state index contributed by atoms with van der Waals surface area (Å²) in [4.78, 5) is 35.5. The van der Waals surface area contributed by atoms with Crippen LogP contribution in [-0.4, -0.2) is 28.6 Å². The maximum Gasteiger partial charge on any atom is 0.416 e. The van der Waals surface area contributed by atoms with Gasteiger partial charge in [0.15, 0.2) is 0 Å². The summed E-state index contributed by atoms with van der Waals surface area (Å²) in [5.41, 5.74) is 1.40. The molecular formula is C17H11F3N2O4S2. The number of amides is 2. The molecule has 2 aromatic rings. The van der Waals surface area contributed by atoms with E-state index in [0.717, 1.165) is 35.0 Å². The summed E-state index contributed by atoms with van der Waals surface area (Å²) in [5.74, 6) is -2.76. The van der Waals surface area contributed by atoms with Crippen molar-refractivity contribution >= 4 is 52.6 Å². The average molecular weight is 428 g/mol. The predicted molar refractivity (Wildman–Crippen MR) is 97.7 cm³/mol. The highest BCUT2D eigenvalue weighted by Gasteiger charge is 2.36. The number of thioether (sulfide) groups is 1. The molecule has 28 heavy (non-hydrogen) atoms. The minimum atomic E-state index is -4.59. The minimum Gasteiger partial charge on any atom is -0.481 e. The zero-order valence-electron chi connectivity index (χ0n) is 13.8. The standard InChI is InChI=1S/C17H11F3N2O4S2/c18-17(19,20)10-2-1-3-11(7-10)22-15(26)12(14(25)21-22)6-9-4-5-27-16(9)28-8-13(23)24/h1-7H,8H2,(H,21,25)(H,23,24)/b12-6+. The molecule has 1 saturated heterocycles. The van der Waals surface area contributed by atoms with Crippen LogP contribution in [0.15, 0.2) is 45.5 Å². The number of alkyl halides is 3. The van der Waals surface area contributed by atoms with Crippen LogP contribution in [0.25, 0.3) is 6.08 Å². The number of rotatable bonds is 5. The molecule has 1 aromatic carbocycles. The zero-order valence-corrected chi connectivity index (χ0v) is 15.5. The first kappa shape index (κ1) is 20.0. The van der Waals surface area contributed by atoms with E-state index >= 15 is 0 Å². The first-order valence-electron chi connectivity index (χ1n) is 7.63. The molecule has 6 nitrogen and oxygen atoms in total. The molecule has 2 N–H and O–H groups in total. The van der Waals surface area contributed by atoms with Gasteiger partial charge in [0, 0.05) is 0 Å². The quantitative estimate of drug-likeness (QED) is 0.433. The fourth-order valence-electron chi connectivity index (χ4n) is 2.37. The van der Waals surface area contributed by atoms with Gasteiger partial charge in [-0.2, -0.15) is 13.2 Å². The van der Waals surface area contributed by atoms with Crippen LogP contribution in [0.2, 0.25) is 0 Å². The Morgan fingerprint density at radius 3 is 2.71 bits per heavy atom. The number of anilines is 1. The van der Waals surface area contributed by atoms with E-state index in [0.29, 0.717) is 9.77 Å². The Balaban J connectivity index is 1.88. The van der Waals surface area contributed by atoms with Gasteiger partial charge >= 0.3 is 12.1 Å². The number of carbonyl (C=O) groups is 3. The largest absolute Gasteiger partial charge is 0.481 e. The normalized spacial score (nSPS) is 16.0. The summed E-state index contributed by atoms with van der Waals surface area (Å²) in [7, 11) is 0. The Labute approximate surface area is 164 Å². The molecule has 0 spiro atoms. The van der Waals surface area contributed by atoms with Crippen molar-refractivity contribution in [2.75, 3.05) is 10.8 Å². The van der Waals surface area contributed by atoms with Crippen molar-refractivity contribution in [2.45, 2.75) is 10.4 Å². The van der Waals surface area contributed by atoms with Gasteiger partial charge < -0.3 is 5.11 Å². The average Bonchev–Trinajstić information content (AvgIpc) is 3.18. The topological polar surface area (TPSA) is 86.7 Å². The molecular weight excluding hydrogens is 417 g/mol. The maximum atomic E-state index is 12.9. The Bertz CT molecular complexity index is 985. The van der Waals surface area contributed by atoms with Crippen molar-refractivity contribution in [2.24, 2.45) is 0 Å². The summed E-state index contributed by atoms with van der Waals surface area (Å²) in [5, 5.41) is 11.2. The van der Waals surface area contributed by atoms with E-state index in [1.807, 2.05) is 0 Å². The number of hydrogen-bond donors (Lipinski definition) is 2. The van der Waals surface area contributed by atoms with Crippen molar-refractivity contribution in [1.82, 2.24) is 5.43 Å². The number of carboxylic acids is 1. The van der Waals surface area contributed by atoms with Crippen LogP contribution in [0.4, 0.5) is 18.9 Å². The monoisotopic (exact) mass is 428 g/mol. The Morgan fingerprint density at radius 1 is 1.29 bits per heavy atom. The van der Waals surface area contributed by atoms with E-state index in [4.69, 9.17) is 5.11 Å². The van der Waals surface area contributed by atoms with Crippen LogP contribution in [0.5, 0.6) is 0 Å².